The Hall–Kier alpha value is -1.31. The van der Waals surface area contributed by atoms with Crippen LogP contribution in [0, 0.1) is 0 Å². The molecule has 1 aromatic carbocycles. The van der Waals surface area contributed by atoms with Crippen molar-refractivity contribution < 1.29 is 8.42 Å². The predicted octanol–water partition coefficient (Wildman–Crippen LogP) is 1.55. The average molecular weight is 314 g/mol. The molecule has 1 aromatic heterocycles. The van der Waals surface area contributed by atoms with E-state index in [2.05, 4.69) is 25.9 Å². The number of hydrogen-bond donors (Lipinski definition) is 1. The zero-order chi connectivity index (χ0) is 12.5. The minimum absolute atomic E-state index is 0.0289. The highest BCUT2D eigenvalue weighted by atomic mass is 79.9. The molecule has 17 heavy (non-hydrogen) atoms. The Kier molecular flexibility index (Phi) is 3.23. The Balaban J connectivity index is 2.74. The van der Waals surface area contributed by atoms with E-state index in [9.17, 15) is 8.42 Å². The lowest BCUT2D eigenvalue weighted by Crippen LogP contribution is -2.13. The van der Waals surface area contributed by atoms with E-state index in [4.69, 9.17) is 5.14 Å². The molecule has 88 valence electrons. The minimum atomic E-state index is -3.79. The summed E-state index contributed by atoms with van der Waals surface area (Å²) in [6.07, 6.45) is 2.99. The van der Waals surface area contributed by atoms with Gasteiger partial charge in [-0.3, -0.25) is 4.98 Å². The van der Waals surface area contributed by atoms with Crippen molar-refractivity contribution >= 4 is 26.0 Å². The molecule has 0 aliphatic carbocycles. The van der Waals surface area contributed by atoms with Crippen LogP contribution >= 0.6 is 15.9 Å². The molecule has 5 nitrogen and oxygen atoms in total. The van der Waals surface area contributed by atoms with Crippen molar-refractivity contribution in [2.24, 2.45) is 5.14 Å². The van der Waals surface area contributed by atoms with E-state index in [0.29, 0.717) is 15.9 Å². The van der Waals surface area contributed by atoms with E-state index in [1.165, 1.54) is 18.5 Å². The third-order valence-corrected chi connectivity index (χ3v) is 3.65. The van der Waals surface area contributed by atoms with Gasteiger partial charge in [-0.2, -0.15) is 0 Å². The first kappa shape index (κ1) is 12.2. The second-order valence-electron chi connectivity index (χ2n) is 3.24. The van der Waals surface area contributed by atoms with Crippen LogP contribution in [-0.2, 0) is 10.0 Å². The van der Waals surface area contributed by atoms with Gasteiger partial charge in [0.2, 0.25) is 10.0 Å². The molecule has 2 N–H and O–H groups in total. The van der Waals surface area contributed by atoms with Gasteiger partial charge in [0.05, 0.1) is 4.90 Å². The Labute approximate surface area is 107 Å². The van der Waals surface area contributed by atoms with Crippen molar-refractivity contribution in [3.05, 3.63) is 41.3 Å². The largest absolute Gasteiger partial charge is 0.252 e. The number of halogens is 1. The first-order valence-electron chi connectivity index (χ1n) is 4.59. The van der Waals surface area contributed by atoms with Crippen LogP contribution in [0.5, 0.6) is 0 Å². The normalized spacial score (nSPS) is 11.4. The zero-order valence-corrected chi connectivity index (χ0v) is 10.9. The van der Waals surface area contributed by atoms with Crippen LogP contribution in [0.2, 0.25) is 0 Å². The maximum atomic E-state index is 11.5. The maximum Gasteiger partial charge on any atom is 0.238 e. The Morgan fingerprint density at radius 1 is 1.12 bits per heavy atom. The number of primary sulfonamides is 1. The van der Waals surface area contributed by atoms with Crippen LogP contribution in [-0.4, -0.2) is 18.4 Å². The highest BCUT2D eigenvalue weighted by molar-refractivity contribution is 9.10. The maximum absolute atomic E-state index is 11.5. The van der Waals surface area contributed by atoms with Crippen LogP contribution in [0.4, 0.5) is 0 Å². The second-order valence-corrected chi connectivity index (χ2v) is 5.52. The molecule has 0 bridgehead atoms. The molecule has 0 atom stereocenters. The lowest BCUT2D eigenvalue weighted by atomic mass is 10.2. The first-order valence-corrected chi connectivity index (χ1v) is 6.93. The number of rotatable bonds is 2. The zero-order valence-electron chi connectivity index (χ0n) is 8.54. The lowest BCUT2D eigenvalue weighted by Gasteiger charge is -2.07. The summed E-state index contributed by atoms with van der Waals surface area (Å²) in [5, 5.41) is 5.15. The summed E-state index contributed by atoms with van der Waals surface area (Å²) in [5.41, 5.74) is 0.868. The highest BCUT2D eigenvalue weighted by Crippen LogP contribution is 2.28. The minimum Gasteiger partial charge on any atom is -0.252 e. The van der Waals surface area contributed by atoms with Crippen LogP contribution in [0.15, 0.2) is 46.2 Å². The topological polar surface area (TPSA) is 85.9 Å². The van der Waals surface area contributed by atoms with Crippen molar-refractivity contribution in [3.63, 3.8) is 0 Å². The standard InChI is InChI=1S/C10H8BrN3O2S/c11-10-9(13-5-6-14-10)7-3-1-2-4-8(7)17(12,15)16/h1-6H,(H2,12,15,16). The number of nitrogens with two attached hydrogens (primary N) is 1. The molecule has 0 radical (unpaired) electrons. The quantitative estimate of drug-likeness (QED) is 0.911. The van der Waals surface area contributed by atoms with Gasteiger partial charge in [-0.05, 0) is 22.0 Å². The molecule has 0 aliphatic rings. The van der Waals surface area contributed by atoms with Crippen molar-refractivity contribution in [1.29, 1.82) is 0 Å². The van der Waals surface area contributed by atoms with E-state index < -0.39 is 10.0 Å². The summed E-state index contributed by atoms with van der Waals surface area (Å²) in [4.78, 5) is 8.12. The van der Waals surface area contributed by atoms with E-state index in [1.807, 2.05) is 0 Å². The molecule has 0 saturated heterocycles. The molecule has 7 heteroatoms. The van der Waals surface area contributed by atoms with Gasteiger partial charge in [-0.15, -0.1) is 0 Å². The Bertz CT molecular complexity index is 658. The molecule has 2 rings (SSSR count). The molecular weight excluding hydrogens is 306 g/mol. The lowest BCUT2D eigenvalue weighted by molar-refractivity contribution is 0.598. The summed E-state index contributed by atoms with van der Waals surface area (Å²) in [5.74, 6) is 0. The van der Waals surface area contributed by atoms with Gasteiger partial charge in [0.15, 0.2) is 0 Å². The third kappa shape index (κ3) is 2.51. The van der Waals surface area contributed by atoms with Crippen molar-refractivity contribution in [1.82, 2.24) is 9.97 Å². The summed E-state index contributed by atoms with van der Waals surface area (Å²) in [7, 11) is -3.79. The molecule has 0 aliphatic heterocycles. The molecule has 0 fully saturated rings. The van der Waals surface area contributed by atoms with E-state index >= 15 is 0 Å². The number of benzene rings is 1. The summed E-state index contributed by atoms with van der Waals surface area (Å²) in [6, 6.07) is 6.39. The SMILES string of the molecule is NS(=O)(=O)c1ccccc1-c1nccnc1Br. The fourth-order valence-corrected chi connectivity index (χ4v) is 2.59. The van der Waals surface area contributed by atoms with E-state index in [1.54, 1.807) is 18.2 Å². The number of nitrogens with zero attached hydrogens (tertiary/aromatic N) is 2. The van der Waals surface area contributed by atoms with Crippen LogP contribution < -0.4 is 5.14 Å². The molecule has 2 aromatic rings. The molecule has 0 unspecified atom stereocenters. The third-order valence-electron chi connectivity index (χ3n) is 2.10. The van der Waals surface area contributed by atoms with Crippen molar-refractivity contribution in [2.75, 3.05) is 0 Å². The van der Waals surface area contributed by atoms with Crippen molar-refractivity contribution in [2.45, 2.75) is 4.90 Å². The number of hydrogen-bond acceptors (Lipinski definition) is 4. The fraction of sp³-hybridized carbons (Fsp3) is 0. The monoisotopic (exact) mass is 313 g/mol. The highest BCUT2D eigenvalue weighted by Gasteiger charge is 2.17. The Morgan fingerprint density at radius 3 is 2.41 bits per heavy atom. The molecule has 0 spiro atoms. The fourth-order valence-electron chi connectivity index (χ4n) is 1.41. The van der Waals surface area contributed by atoms with Crippen LogP contribution in [0.25, 0.3) is 11.3 Å². The van der Waals surface area contributed by atoms with Gasteiger partial charge in [-0.25, -0.2) is 18.5 Å². The second kappa shape index (κ2) is 4.52. The van der Waals surface area contributed by atoms with Crippen LogP contribution in [0.1, 0.15) is 0 Å². The van der Waals surface area contributed by atoms with Gasteiger partial charge in [0.25, 0.3) is 0 Å². The van der Waals surface area contributed by atoms with Gasteiger partial charge < -0.3 is 0 Å². The number of aromatic nitrogens is 2. The van der Waals surface area contributed by atoms with Gasteiger partial charge in [0.1, 0.15) is 10.3 Å². The smallest absolute Gasteiger partial charge is 0.238 e. The molecular formula is C10H8BrN3O2S. The first-order chi connectivity index (χ1) is 8.00. The summed E-state index contributed by atoms with van der Waals surface area (Å²) in [6.45, 7) is 0. The predicted molar refractivity (Wildman–Crippen MR) is 66.5 cm³/mol. The van der Waals surface area contributed by atoms with E-state index in [0.717, 1.165) is 0 Å². The number of sulfonamides is 1. The van der Waals surface area contributed by atoms with Crippen molar-refractivity contribution in [3.8, 4) is 11.3 Å². The Morgan fingerprint density at radius 2 is 1.76 bits per heavy atom. The van der Waals surface area contributed by atoms with Gasteiger partial charge >= 0.3 is 0 Å². The summed E-state index contributed by atoms with van der Waals surface area (Å²) < 4.78 is 23.4. The molecule has 0 saturated carbocycles. The molecule has 1 heterocycles. The summed E-state index contributed by atoms with van der Waals surface area (Å²) >= 11 is 3.22. The van der Waals surface area contributed by atoms with Gasteiger partial charge in [-0.1, -0.05) is 18.2 Å². The van der Waals surface area contributed by atoms with E-state index in [-0.39, 0.29) is 4.90 Å². The molecule has 0 amide bonds. The average Bonchev–Trinajstić information content (AvgIpc) is 2.28. The van der Waals surface area contributed by atoms with Crippen LogP contribution in [0.3, 0.4) is 0 Å². The van der Waals surface area contributed by atoms with Gasteiger partial charge in [0, 0.05) is 18.0 Å².